The molecule has 7 nitrogen and oxygen atoms in total. The van der Waals surface area contributed by atoms with E-state index in [4.69, 9.17) is 9.47 Å². The van der Waals surface area contributed by atoms with Crippen molar-refractivity contribution in [2.75, 3.05) is 41.4 Å². The number of carbonyl (C=O) groups excluding carboxylic acids is 3. The van der Waals surface area contributed by atoms with Gasteiger partial charge in [0.1, 0.15) is 0 Å². The molecule has 2 aliphatic rings. The Morgan fingerprint density at radius 2 is 1.07 bits per heavy atom. The average Bonchev–Trinajstić information content (AvgIpc) is 2.97. The van der Waals surface area contributed by atoms with Gasteiger partial charge in [-0.1, -0.05) is 72.8 Å². The summed E-state index contributed by atoms with van der Waals surface area (Å²) >= 11 is 0. The van der Waals surface area contributed by atoms with Crippen molar-refractivity contribution in [1.29, 1.82) is 0 Å². The molecule has 2 fully saturated rings. The second-order valence-corrected chi connectivity index (χ2v) is 11.1. The number of ether oxygens (including phenoxy) is 2. The Morgan fingerprint density at radius 3 is 1.48 bits per heavy atom. The molecule has 0 radical (unpaired) electrons. The van der Waals surface area contributed by atoms with E-state index in [1.807, 2.05) is 109 Å². The molecular weight excluding hydrogens is 504 g/mol. The quantitative estimate of drug-likeness (QED) is 0.280. The van der Waals surface area contributed by atoms with Gasteiger partial charge in [0.05, 0.1) is 26.3 Å². The molecule has 40 heavy (non-hydrogen) atoms. The van der Waals surface area contributed by atoms with Crippen LogP contribution in [0.5, 0.6) is 0 Å². The van der Waals surface area contributed by atoms with Crippen LogP contribution in [-0.4, -0.2) is 68.9 Å². The number of ketones is 1. The molecule has 7 heteroatoms. The second-order valence-electron chi connectivity index (χ2n) is 11.1. The van der Waals surface area contributed by atoms with Crippen LogP contribution in [0.3, 0.4) is 0 Å². The van der Waals surface area contributed by atoms with Crippen LogP contribution in [0.1, 0.15) is 23.2 Å². The summed E-state index contributed by atoms with van der Waals surface area (Å²) in [6.07, 6.45) is 0. The molecule has 0 aromatic heterocycles. The Kier molecular flexibility index (Phi) is 6.24. The van der Waals surface area contributed by atoms with Crippen molar-refractivity contribution in [2.24, 2.45) is 10.8 Å². The Bertz CT molecular complexity index is 1550. The first-order valence-electron chi connectivity index (χ1n) is 13.4. The number of likely N-dealkylation sites (tertiary alicyclic amines) is 2. The summed E-state index contributed by atoms with van der Waals surface area (Å²) in [7, 11) is 6.33. The van der Waals surface area contributed by atoms with Crippen molar-refractivity contribution in [3.8, 4) is 0 Å². The van der Waals surface area contributed by atoms with E-state index in [9.17, 15) is 14.4 Å². The van der Waals surface area contributed by atoms with E-state index in [0.717, 1.165) is 32.7 Å². The van der Waals surface area contributed by atoms with Crippen LogP contribution in [-0.2, 0) is 23.9 Å². The molecule has 0 N–H and O–H groups in total. The Balaban J connectivity index is 1.66. The van der Waals surface area contributed by atoms with Gasteiger partial charge in [-0.25, -0.2) is 0 Å². The van der Waals surface area contributed by atoms with E-state index in [1.54, 1.807) is 0 Å². The van der Waals surface area contributed by atoms with Crippen molar-refractivity contribution in [3.63, 3.8) is 0 Å². The summed E-state index contributed by atoms with van der Waals surface area (Å²) < 4.78 is 10.7. The third-order valence-electron chi connectivity index (χ3n) is 8.87. The SMILES string of the molecule is COC(=O)[C@@]12CN(C)C[C@@](C(=O)OC)(C1=O)C(c1ccc3ccccc3c1)N(C)C2c1ccc2ccccc2c1. The lowest BCUT2D eigenvalue weighted by atomic mass is 9.54. The van der Waals surface area contributed by atoms with Crippen molar-refractivity contribution < 1.29 is 23.9 Å². The molecule has 4 atom stereocenters. The van der Waals surface area contributed by atoms with Crippen molar-refractivity contribution in [3.05, 3.63) is 96.1 Å². The van der Waals surface area contributed by atoms with Gasteiger partial charge in [-0.05, 0) is 58.9 Å². The normalized spacial score (nSPS) is 27.1. The minimum absolute atomic E-state index is 0.115. The topological polar surface area (TPSA) is 76.1 Å². The number of Topliss-reactive ketones (excluding diaryl/α,β-unsaturated/α-hetero) is 1. The van der Waals surface area contributed by atoms with Gasteiger partial charge in [-0.2, -0.15) is 0 Å². The zero-order chi connectivity index (χ0) is 28.2. The lowest BCUT2D eigenvalue weighted by molar-refractivity contribution is -0.202. The minimum Gasteiger partial charge on any atom is -0.468 e. The Morgan fingerprint density at radius 1 is 0.675 bits per heavy atom. The predicted octanol–water partition coefficient (Wildman–Crippen LogP) is 4.55. The lowest BCUT2D eigenvalue weighted by Gasteiger charge is -2.60. The van der Waals surface area contributed by atoms with E-state index < -0.39 is 40.6 Å². The minimum atomic E-state index is -1.65. The van der Waals surface area contributed by atoms with Crippen LogP contribution in [0, 0.1) is 10.8 Å². The third kappa shape index (κ3) is 3.54. The second kappa shape index (κ2) is 9.54. The number of nitrogens with zero attached hydrogens (tertiary/aromatic N) is 2. The molecule has 0 spiro atoms. The summed E-state index contributed by atoms with van der Waals surface area (Å²) in [4.78, 5) is 46.6. The highest BCUT2D eigenvalue weighted by Crippen LogP contribution is 2.60. The van der Waals surface area contributed by atoms with Crippen LogP contribution in [0.2, 0.25) is 0 Å². The fourth-order valence-corrected chi connectivity index (χ4v) is 7.41. The Labute approximate surface area is 233 Å². The van der Waals surface area contributed by atoms with Crippen molar-refractivity contribution >= 4 is 39.3 Å². The molecule has 4 aromatic rings. The summed E-state index contributed by atoms with van der Waals surface area (Å²) in [6.45, 7) is 0.229. The van der Waals surface area contributed by atoms with Gasteiger partial charge < -0.3 is 14.4 Å². The standard InChI is InChI=1S/C33H32N2O5/c1-34-19-32(30(37)39-3)27(25-15-13-21-9-5-7-11-23(21)17-25)35(2)28(33(20-34,29(32)36)31(38)40-4)26-16-14-22-10-6-8-12-24(22)18-26/h5-18,27-28H,19-20H2,1-4H3/t27?,28?,32-,33+. The van der Waals surface area contributed by atoms with E-state index in [-0.39, 0.29) is 13.1 Å². The fraction of sp³-hybridized carbons (Fsp3) is 0.303. The molecular formula is C33H32N2O5. The predicted molar refractivity (Wildman–Crippen MR) is 153 cm³/mol. The summed E-state index contributed by atoms with van der Waals surface area (Å²) in [6, 6.07) is 26.6. The number of hydrogen-bond donors (Lipinski definition) is 0. The number of fused-ring (bicyclic) bond motifs is 4. The van der Waals surface area contributed by atoms with Gasteiger partial charge in [0.2, 0.25) is 0 Å². The van der Waals surface area contributed by atoms with Gasteiger partial charge in [0, 0.05) is 13.1 Å². The molecule has 2 unspecified atom stereocenters. The third-order valence-corrected chi connectivity index (χ3v) is 8.87. The number of methoxy groups -OCH3 is 2. The van der Waals surface area contributed by atoms with Gasteiger partial charge >= 0.3 is 11.9 Å². The Hall–Kier alpha value is -4.07. The monoisotopic (exact) mass is 536 g/mol. The molecule has 6 rings (SSSR count). The summed E-state index contributed by atoms with van der Waals surface area (Å²) in [5.74, 6) is -1.76. The average molecular weight is 537 g/mol. The number of piperidine rings is 2. The first-order valence-corrected chi connectivity index (χ1v) is 13.4. The number of esters is 2. The maximum Gasteiger partial charge on any atom is 0.322 e. The number of benzene rings is 4. The van der Waals surface area contributed by atoms with E-state index in [2.05, 4.69) is 0 Å². The number of hydrogen-bond acceptors (Lipinski definition) is 7. The zero-order valence-electron chi connectivity index (χ0n) is 23.1. The van der Waals surface area contributed by atoms with Crippen LogP contribution in [0.25, 0.3) is 21.5 Å². The van der Waals surface area contributed by atoms with E-state index in [1.165, 1.54) is 14.2 Å². The molecule has 204 valence electrons. The highest BCUT2D eigenvalue weighted by Gasteiger charge is 2.74. The van der Waals surface area contributed by atoms with Gasteiger partial charge in [0.15, 0.2) is 16.6 Å². The molecule has 0 saturated carbocycles. The zero-order valence-corrected chi connectivity index (χ0v) is 23.1. The van der Waals surface area contributed by atoms with Gasteiger partial charge in [-0.3, -0.25) is 19.3 Å². The van der Waals surface area contributed by atoms with E-state index in [0.29, 0.717) is 0 Å². The van der Waals surface area contributed by atoms with Gasteiger partial charge in [-0.15, -0.1) is 0 Å². The highest BCUT2D eigenvalue weighted by molar-refractivity contribution is 6.18. The molecule has 4 aromatic carbocycles. The molecule has 2 saturated heterocycles. The van der Waals surface area contributed by atoms with Crippen LogP contribution < -0.4 is 0 Å². The smallest absolute Gasteiger partial charge is 0.322 e. The largest absolute Gasteiger partial charge is 0.468 e. The molecule has 2 bridgehead atoms. The molecule has 2 aliphatic heterocycles. The fourth-order valence-electron chi connectivity index (χ4n) is 7.41. The maximum atomic E-state index is 15.0. The highest BCUT2D eigenvalue weighted by atomic mass is 16.5. The molecule has 2 heterocycles. The van der Waals surface area contributed by atoms with Gasteiger partial charge in [0.25, 0.3) is 0 Å². The van der Waals surface area contributed by atoms with E-state index >= 15 is 0 Å². The van der Waals surface area contributed by atoms with Crippen LogP contribution in [0.4, 0.5) is 0 Å². The molecule has 0 aliphatic carbocycles. The van der Waals surface area contributed by atoms with Crippen LogP contribution >= 0.6 is 0 Å². The first kappa shape index (κ1) is 26.2. The summed E-state index contributed by atoms with van der Waals surface area (Å²) in [5.41, 5.74) is -1.69. The number of rotatable bonds is 4. The number of carbonyl (C=O) groups is 3. The first-order chi connectivity index (χ1) is 19.3. The van der Waals surface area contributed by atoms with Crippen molar-refractivity contribution in [2.45, 2.75) is 12.1 Å². The lowest BCUT2D eigenvalue weighted by Crippen LogP contribution is -2.75. The summed E-state index contributed by atoms with van der Waals surface area (Å²) in [5, 5.41) is 4.10. The van der Waals surface area contributed by atoms with Crippen LogP contribution in [0.15, 0.2) is 84.9 Å². The molecule has 0 amide bonds. The van der Waals surface area contributed by atoms with Crippen molar-refractivity contribution in [1.82, 2.24) is 9.80 Å². The maximum absolute atomic E-state index is 15.0.